The van der Waals surface area contributed by atoms with Crippen LogP contribution in [0.1, 0.15) is 33.0 Å². The standard InChI is InChI=1S/C12H18F3N3O/c1-4-6-16-10-7-11(18-9(5-2)17-10)19-8(3)12(13,14)15/h7-8H,4-6H2,1-3H3,(H,16,17,18). The number of alkyl halides is 3. The van der Waals surface area contributed by atoms with Crippen LogP contribution in [-0.4, -0.2) is 28.8 Å². The normalized spacial score (nSPS) is 13.2. The van der Waals surface area contributed by atoms with E-state index in [9.17, 15) is 13.2 Å². The molecule has 1 unspecified atom stereocenters. The average molecular weight is 277 g/mol. The quantitative estimate of drug-likeness (QED) is 0.867. The molecule has 1 heterocycles. The van der Waals surface area contributed by atoms with Crippen LogP contribution in [0.3, 0.4) is 0 Å². The third kappa shape index (κ3) is 4.92. The Morgan fingerprint density at radius 2 is 2.00 bits per heavy atom. The van der Waals surface area contributed by atoms with Gasteiger partial charge in [0.15, 0.2) is 6.10 Å². The third-order valence-corrected chi connectivity index (χ3v) is 2.38. The summed E-state index contributed by atoms with van der Waals surface area (Å²) in [5, 5.41) is 3.01. The maximum atomic E-state index is 12.4. The van der Waals surface area contributed by atoms with Gasteiger partial charge in [0, 0.05) is 19.0 Å². The van der Waals surface area contributed by atoms with E-state index in [2.05, 4.69) is 15.3 Å². The average Bonchev–Trinajstić information content (AvgIpc) is 2.34. The number of hydrogen-bond acceptors (Lipinski definition) is 4. The summed E-state index contributed by atoms with van der Waals surface area (Å²) in [5.74, 6) is 0.874. The zero-order valence-electron chi connectivity index (χ0n) is 11.2. The van der Waals surface area contributed by atoms with Crippen LogP contribution in [0.5, 0.6) is 5.88 Å². The minimum atomic E-state index is -4.41. The number of ether oxygens (including phenoxy) is 1. The number of hydrogen-bond donors (Lipinski definition) is 1. The fourth-order valence-electron chi connectivity index (χ4n) is 1.28. The van der Waals surface area contributed by atoms with Crippen LogP contribution >= 0.6 is 0 Å². The SMILES string of the molecule is CCCNc1cc(OC(C)C(F)(F)F)nc(CC)n1. The van der Waals surface area contributed by atoms with E-state index in [0.717, 1.165) is 13.3 Å². The molecule has 0 spiro atoms. The molecule has 108 valence electrons. The molecule has 1 aromatic heterocycles. The number of anilines is 1. The molecule has 0 radical (unpaired) electrons. The molecule has 19 heavy (non-hydrogen) atoms. The summed E-state index contributed by atoms with van der Waals surface area (Å²) < 4.78 is 42.1. The lowest BCUT2D eigenvalue weighted by Gasteiger charge is -2.17. The summed E-state index contributed by atoms with van der Waals surface area (Å²) in [5.41, 5.74) is 0. The van der Waals surface area contributed by atoms with Crippen LogP contribution in [0.2, 0.25) is 0 Å². The first-order valence-corrected chi connectivity index (χ1v) is 6.22. The highest BCUT2D eigenvalue weighted by molar-refractivity contribution is 5.38. The topological polar surface area (TPSA) is 47.0 Å². The van der Waals surface area contributed by atoms with Gasteiger partial charge in [-0.05, 0) is 13.3 Å². The van der Waals surface area contributed by atoms with E-state index in [-0.39, 0.29) is 5.88 Å². The highest BCUT2D eigenvalue weighted by Crippen LogP contribution is 2.25. The van der Waals surface area contributed by atoms with Crippen molar-refractivity contribution in [2.24, 2.45) is 0 Å². The van der Waals surface area contributed by atoms with Crippen molar-refractivity contribution < 1.29 is 17.9 Å². The second-order valence-corrected chi connectivity index (χ2v) is 4.09. The van der Waals surface area contributed by atoms with Crippen LogP contribution in [0, 0.1) is 0 Å². The fraction of sp³-hybridized carbons (Fsp3) is 0.667. The van der Waals surface area contributed by atoms with Gasteiger partial charge in [0.05, 0.1) is 0 Å². The zero-order valence-corrected chi connectivity index (χ0v) is 11.2. The smallest absolute Gasteiger partial charge is 0.425 e. The second-order valence-electron chi connectivity index (χ2n) is 4.09. The monoisotopic (exact) mass is 277 g/mol. The van der Waals surface area contributed by atoms with E-state index in [1.54, 1.807) is 0 Å². The lowest BCUT2D eigenvalue weighted by Crippen LogP contribution is -2.31. The highest BCUT2D eigenvalue weighted by atomic mass is 19.4. The minimum absolute atomic E-state index is 0.0599. The summed E-state index contributed by atoms with van der Waals surface area (Å²) in [4.78, 5) is 8.12. The molecule has 1 atom stereocenters. The fourth-order valence-corrected chi connectivity index (χ4v) is 1.28. The van der Waals surface area contributed by atoms with Crippen molar-refractivity contribution in [2.75, 3.05) is 11.9 Å². The molecule has 0 aliphatic heterocycles. The first kappa shape index (κ1) is 15.5. The van der Waals surface area contributed by atoms with E-state index in [1.165, 1.54) is 6.07 Å². The van der Waals surface area contributed by atoms with Crippen molar-refractivity contribution in [1.29, 1.82) is 0 Å². The van der Waals surface area contributed by atoms with Gasteiger partial charge in [0.1, 0.15) is 11.6 Å². The van der Waals surface area contributed by atoms with Gasteiger partial charge in [-0.1, -0.05) is 13.8 Å². The van der Waals surface area contributed by atoms with Crippen LogP contribution in [0.4, 0.5) is 19.0 Å². The molecule has 4 nitrogen and oxygen atoms in total. The Morgan fingerprint density at radius 1 is 1.32 bits per heavy atom. The van der Waals surface area contributed by atoms with E-state index >= 15 is 0 Å². The molecule has 1 aromatic rings. The minimum Gasteiger partial charge on any atom is -0.465 e. The Labute approximate surface area is 110 Å². The number of aryl methyl sites for hydroxylation is 1. The predicted molar refractivity (Wildman–Crippen MR) is 66.3 cm³/mol. The van der Waals surface area contributed by atoms with Gasteiger partial charge in [-0.2, -0.15) is 18.2 Å². The van der Waals surface area contributed by atoms with Crippen molar-refractivity contribution >= 4 is 5.82 Å². The Balaban J connectivity index is 2.87. The molecule has 1 N–H and O–H groups in total. The van der Waals surface area contributed by atoms with Crippen LogP contribution in [0.25, 0.3) is 0 Å². The second kappa shape index (κ2) is 6.58. The van der Waals surface area contributed by atoms with Gasteiger partial charge in [-0.3, -0.25) is 0 Å². The number of rotatable bonds is 6. The molecular formula is C12H18F3N3O. The predicted octanol–water partition coefficient (Wildman–Crippen LogP) is 3.19. The van der Waals surface area contributed by atoms with E-state index in [0.29, 0.717) is 24.6 Å². The number of aromatic nitrogens is 2. The van der Waals surface area contributed by atoms with Gasteiger partial charge in [0.2, 0.25) is 5.88 Å². The Hall–Kier alpha value is -1.53. The number of halogens is 3. The van der Waals surface area contributed by atoms with Crippen molar-refractivity contribution in [3.8, 4) is 5.88 Å². The lowest BCUT2D eigenvalue weighted by atomic mass is 10.4. The lowest BCUT2D eigenvalue weighted by molar-refractivity contribution is -0.190. The van der Waals surface area contributed by atoms with E-state index < -0.39 is 12.3 Å². The maximum absolute atomic E-state index is 12.4. The molecule has 0 saturated heterocycles. The molecule has 0 amide bonds. The van der Waals surface area contributed by atoms with Crippen molar-refractivity contribution in [2.45, 2.75) is 45.9 Å². The number of nitrogens with zero attached hydrogens (tertiary/aromatic N) is 2. The summed E-state index contributed by atoms with van der Waals surface area (Å²) in [6.07, 6.45) is -4.89. The van der Waals surface area contributed by atoms with Crippen molar-refractivity contribution in [3.63, 3.8) is 0 Å². The zero-order chi connectivity index (χ0) is 14.5. The van der Waals surface area contributed by atoms with Crippen LogP contribution in [-0.2, 0) is 6.42 Å². The van der Waals surface area contributed by atoms with Gasteiger partial charge >= 0.3 is 6.18 Å². The molecule has 0 aliphatic carbocycles. The molecule has 0 fully saturated rings. The molecule has 1 rings (SSSR count). The summed E-state index contributed by atoms with van der Waals surface area (Å²) in [7, 11) is 0. The number of nitrogens with one attached hydrogen (secondary N) is 1. The van der Waals surface area contributed by atoms with E-state index in [1.807, 2.05) is 13.8 Å². The molecular weight excluding hydrogens is 259 g/mol. The van der Waals surface area contributed by atoms with Crippen LogP contribution < -0.4 is 10.1 Å². The Morgan fingerprint density at radius 3 is 2.53 bits per heavy atom. The molecule has 0 aliphatic rings. The molecule has 0 saturated carbocycles. The van der Waals surface area contributed by atoms with Crippen molar-refractivity contribution in [3.05, 3.63) is 11.9 Å². The largest absolute Gasteiger partial charge is 0.465 e. The van der Waals surface area contributed by atoms with Crippen molar-refractivity contribution in [1.82, 2.24) is 9.97 Å². The first-order valence-electron chi connectivity index (χ1n) is 6.22. The summed E-state index contributed by atoms with van der Waals surface area (Å²) in [6.45, 7) is 5.45. The van der Waals surface area contributed by atoms with Crippen LogP contribution in [0.15, 0.2) is 6.07 Å². The third-order valence-electron chi connectivity index (χ3n) is 2.38. The highest BCUT2D eigenvalue weighted by Gasteiger charge is 2.38. The van der Waals surface area contributed by atoms with E-state index in [4.69, 9.17) is 4.74 Å². The molecule has 0 aromatic carbocycles. The molecule has 7 heteroatoms. The maximum Gasteiger partial charge on any atom is 0.425 e. The summed E-state index contributed by atoms with van der Waals surface area (Å²) >= 11 is 0. The van der Waals surface area contributed by atoms with Gasteiger partial charge in [-0.15, -0.1) is 0 Å². The van der Waals surface area contributed by atoms with Gasteiger partial charge in [-0.25, -0.2) is 4.98 Å². The van der Waals surface area contributed by atoms with Gasteiger partial charge in [0.25, 0.3) is 0 Å². The first-order chi connectivity index (χ1) is 8.86. The molecule has 0 bridgehead atoms. The Kier molecular flexibility index (Phi) is 5.38. The summed E-state index contributed by atoms with van der Waals surface area (Å²) in [6, 6.07) is 1.39. The Bertz CT molecular complexity index is 410. The van der Waals surface area contributed by atoms with Gasteiger partial charge < -0.3 is 10.1 Å².